The van der Waals surface area contributed by atoms with Crippen molar-refractivity contribution >= 4 is 12.4 Å². The topological polar surface area (TPSA) is 15.3 Å². The predicted octanol–water partition coefficient (Wildman–Crippen LogP) is 2.38. The number of hydrogen-bond acceptors (Lipinski definition) is 2. The van der Waals surface area contributed by atoms with Crippen molar-refractivity contribution in [3.8, 4) is 0 Å². The zero-order chi connectivity index (χ0) is 11.3. The molecule has 2 nitrogen and oxygen atoms in total. The molecule has 1 aliphatic rings. The molecular weight excluding hydrogens is 234 g/mol. The van der Waals surface area contributed by atoms with E-state index in [1.165, 1.54) is 12.8 Å². The molecule has 0 amide bonds. The Kier molecular flexibility index (Phi) is 8.24. The van der Waals surface area contributed by atoms with Crippen molar-refractivity contribution in [2.45, 2.75) is 39.2 Å². The Bertz CT molecular complexity index is 173. The summed E-state index contributed by atoms with van der Waals surface area (Å²) in [7, 11) is 0. The number of piperidine rings is 1. The molecule has 1 aliphatic heterocycles. The van der Waals surface area contributed by atoms with E-state index in [4.69, 9.17) is 0 Å². The maximum absolute atomic E-state index is 12.3. The molecule has 1 heterocycles. The number of rotatable bonds is 5. The third-order valence-electron chi connectivity index (χ3n) is 2.99. The third-order valence-corrected chi connectivity index (χ3v) is 2.99. The monoisotopic (exact) mass is 256 g/mol. The van der Waals surface area contributed by atoms with Crippen molar-refractivity contribution in [2.75, 3.05) is 26.2 Å². The van der Waals surface area contributed by atoms with Crippen LogP contribution in [0.3, 0.4) is 0 Å². The highest BCUT2D eigenvalue weighted by molar-refractivity contribution is 5.85. The van der Waals surface area contributed by atoms with Crippen molar-refractivity contribution in [2.24, 2.45) is 5.92 Å². The standard InChI is InChI=1S/C11H22F2N2.ClH/c1-9(2)15(8-11(12)13)7-10-4-3-5-14-6-10;/h9-11,14H,3-8H2,1-2H3;1H. The smallest absolute Gasteiger partial charge is 0.251 e. The van der Waals surface area contributed by atoms with Crippen LogP contribution in [0.25, 0.3) is 0 Å². The summed E-state index contributed by atoms with van der Waals surface area (Å²) in [5.41, 5.74) is 0. The summed E-state index contributed by atoms with van der Waals surface area (Å²) >= 11 is 0. The predicted molar refractivity (Wildman–Crippen MR) is 65.6 cm³/mol. The number of alkyl halides is 2. The second-order valence-electron chi connectivity index (χ2n) is 4.65. The van der Waals surface area contributed by atoms with Gasteiger partial charge in [0.15, 0.2) is 0 Å². The van der Waals surface area contributed by atoms with Crippen molar-refractivity contribution < 1.29 is 8.78 Å². The van der Waals surface area contributed by atoms with Gasteiger partial charge in [-0.05, 0) is 45.7 Å². The van der Waals surface area contributed by atoms with Gasteiger partial charge in [-0.3, -0.25) is 4.90 Å². The molecule has 0 spiro atoms. The minimum atomic E-state index is -2.22. The highest BCUT2D eigenvalue weighted by Gasteiger charge is 2.21. The molecule has 1 N–H and O–H groups in total. The summed E-state index contributed by atoms with van der Waals surface area (Å²) in [4.78, 5) is 1.89. The molecule has 0 aromatic rings. The molecule has 1 fully saturated rings. The Morgan fingerprint density at radius 1 is 1.38 bits per heavy atom. The maximum atomic E-state index is 12.3. The van der Waals surface area contributed by atoms with Gasteiger partial charge < -0.3 is 5.32 Å². The second kappa shape index (κ2) is 8.20. The van der Waals surface area contributed by atoms with Gasteiger partial charge in [0.2, 0.25) is 0 Å². The Morgan fingerprint density at radius 2 is 2.06 bits per heavy atom. The van der Waals surface area contributed by atoms with Crippen molar-refractivity contribution in [3.63, 3.8) is 0 Å². The van der Waals surface area contributed by atoms with Gasteiger partial charge in [0.25, 0.3) is 6.43 Å². The SMILES string of the molecule is CC(C)N(CC(F)F)CC1CCCNC1.Cl. The fourth-order valence-electron chi connectivity index (χ4n) is 2.08. The summed E-state index contributed by atoms with van der Waals surface area (Å²) in [6.45, 7) is 6.74. The van der Waals surface area contributed by atoms with Gasteiger partial charge in [-0.2, -0.15) is 0 Å². The van der Waals surface area contributed by atoms with Crippen LogP contribution in [-0.2, 0) is 0 Å². The van der Waals surface area contributed by atoms with Crippen LogP contribution in [0.15, 0.2) is 0 Å². The molecule has 0 bridgehead atoms. The van der Waals surface area contributed by atoms with E-state index >= 15 is 0 Å². The van der Waals surface area contributed by atoms with Gasteiger partial charge in [-0.1, -0.05) is 0 Å². The minimum Gasteiger partial charge on any atom is -0.316 e. The van der Waals surface area contributed by atoms with E-state index in [2.05, 4.69) is 5.32 Å². The summed E-state index contributed by atoms with van der Waals surface area (Å²) < 4.78 is 24.7. The lowest BCUT2D eigenvalue weighted by atomic mass is 9.98. The molecule has 0 aliphatic carbocycles. The average Bonchev–Trinajstić information content (AvgIpc) is 2.17. The number of halogens is 3. The van der Waals surface area contributed by atoms with Gasteiger partial charge in [0, 0.05) is 12.6 Å². The highest BCUT2D eigenvalue weighted by Crippen LogP contribution is 2.14. The molecule has 0 saturated carbocycles. The van der Waals surface area contributed by atoms with Gasteiger partial charge in [0.05, 0.1) is 6.54 Å². The highest BCUT2D eigenvalue weighted by atomic mass is 35.5. The number of nitrogens with zero attached hydrogens (tertiary/aromatic N) is 1. The molecule has 0 aromatic carbocycles. The van der Waals surface area contributed by atoms with Crippen molar-refractivity contribution in [3.05, 3.63) is 0 Å². The van der Waals surface area contributed by atoms with E-state index < -0.39 is 6.43 Å². The first-order chi connectivity index (χ1) is 7.09. The zero-order valence-electron chi connectivity index (χ0n) is 10.1. The van der Waals surface area contributed by atoms with Crippen LogP contribution in [0.1, 0.15) is 26.7 Å². The maximum Gasteiger partial charge on any atom is 0.251 e. The van der Waals surface area contributed by atoms with E-state index in [9.17, 15) is 8.78 Å². The molecule has 1 unspecified atom stereocenters. The second-order valence-corrected chi connectivity index (χ2v) is 4.65. The Hall–Kier alpha value is 0.0700. The number of hydrogen-bond donors (Lipinski definition) is 1. The average molecular weight is 257 g/mol. The largest absolute Gasteiger partial charge is 0.316 e. The zero-order valence-corrected chi connectivity index (χ0v) is 10.9. The van der Waals surface area contributed by atoms with Crippen LogP contribution < -0.4 is 5.32 Å². The lowest BCUT2D eigenvalue weighted by Gasteiger charge is -2.32. The minimum absolute atomic E-state index is 0. The fourth-order valence-corrected chi connectivity index (χ4v) is 2.08. The first-order valence-corrected chi connectivity index (χ1v) is 5.82. The molecule has 1 saturated heterocycles. The van der Waals surface area contributed by atoms with E-state index in [0.717, 1.165) is 19.6 Å². The Labute approximate surface area is 103 Å². The first kappa shape index (κ1) is 16.1. The van der Waals surface area contributed by atoms with E-state index in [1.54, 1.807) is 0 Å². The normalized spacial score (nSPS) is 21.6. The Balaban J connectivity index is 0.00000225. The molecule has 0 radical (unpaired) electrons. The third kappa shape index (κ3) is 5.97. The number of nitrogens with one attached hydrogen (secondary N) is 1. The van der Waals surface area contributed by atoms with Gasteiger partial charge >= 0.3 is 0 Å². The summed E-state index contributed by atoms with van der Waals surface area (Å²) in [5, 5.41) is 3.32. The van der Waals surface area contributed by atoms with E-state index in [0.29, 0.717) is 5.92 Å². The van der Waals surface area contributed by atoms with Crippen molar-refractivity contribution in [1.29, 1.82) is 0 Å². The molecule has 16 heavy (non-hydrogen) atoms. The van der Waals surface area contributed by atoms with Gasteiger partial charge in [0.1, 0.15) is 0 Å². The quantitative estimate of drug-likeness (QED) is 0.813. The summed E-state index contributed by atoms with van der Waals surface area (Å²) in [5.74, 6) is 0.542. The van der Waals surface area contributed by atoms with E-state index in [-0.39, 0.29) is 25.0 Å². The van der Waals surface area contributed by atoms with Crippen LogP contribution in [0.5, 0.6) is 0 Å². The van der Waals surface area contributed by atoms with Crippen LogP contribution >= 0.6 is 12.4 Å². The van der Waals surface area contributed by atoms with Gasteiger partial charge in [-0.15, -0.1) is 12.4 Å². The molecule has 0 aromatic heterocycles. The van der Waals surface area contributed by atoms with Crippen LogP contribution in [-0.4, -0.2) is 43.5 Å². The lowest BCUT2D eigenvalue weighted by molar-refractivity contribution is 0.0611. The Morgan fingerprint density at radius 3 is 2.50 bits per heavy atom. The summed E-state index contributed by atoms with van der Waals surface area (Å²) in [6.07, 6.45) is 0.119. The van der Waals surface area contributed by atoms with Crippen LogP contribution in [0.2, 0.25) is 0 Å². The van der Waals surface area contributed by atoms with Crippen LogP contribution in [0, 0.1) is 5.92 Å². The first-order valence-electron chi connectivity index (χ1n) is 5.82. The summed E-state index contributed by atoms with van der Waals surface area (Å²) in [6, 6.07) is 0.209. The molecule has 98 valence electrons. The molecule has 5 heteroatoms. The van der Waals surface area contributed by atoms with E-state index in [1.807, 2.05) is 18.7 Å². The molecule has 1 atom stereocenters. The van der Waals surface area contributed by atoms with Crippen molar-refractivity contribution in [1.82, 2.24) is 10.2 Å². The van der Waals surface area contributed by atoms with Gasteiger partial charge in [-0.25, -0.2) is 8.78 Å². The van der Waals surface area contributed by atoms with Crippen LogP contribution in [0.4, 0.5) is 8.78 Å². The molecule has 1 rings (SSSR count). The fraction of sp³-hybridized carbons (Fsp3) is 1.00. The lowest BCUT2D eigenvalue weighted by Crippen LogP contribution is -2.43. The molecular formula is C11H23ClF2N2.